The van der Waals surface area contributed by atoms with Crippen molar-refractivity contribution < 1.29 is 4.79 Å². The Bertz CT molecular complexity index is 602. The molecule has 2 aromatic rings. The van der Waals surface area contributed by atoms with E-state index >= 15 is 0 Å². The molecule has 0 aliphatic carbocycles. The molecule has 0 aliphatic rings. The number of aromatic nitrogens is 1. The van der Waals surface area contributed by atoms with Crippen LogP contribution in [-0.4, -0.2) is 16.9 Å². The van der Waals surface area contributed by atoms with Crippen LogP contribution in [0.3, 0.4) is 0 Å². The molecule has 0 saturated heterocycles. The number of anilines is 2. The van der Waals surface area contributed by atoms with E-state index in [0.29, 0.717) is 5.13 Å². The molecular formula is C15H19N3OS. The first-order chi connectivity index (χ1) is 9.45. The van der Waals surface area contributed by atoms with Gasteiger partial charge in [0.15, 0.2) is 5.13 Å². The molecule has 0 bridgehead atoms. The number of carbonyl (C=O) groups is 1. The van der Waals surface area contributed by atoms with Gasteiger partial charge in [-0.05, 0) is 45.4 Å². The second-order valence-electron chi connectivity index (χ2n) is 4.89. The Morgan fingerprint density at radius 1 is 1.30 bits per heavy atom. The SMILES string of the molecule is Cc1cccc(N[C@H](C)C(=O)Nc2nc(C)c(C)s2)c1. The maximum absolute atomic E-state index is 12.1. The number of rotatable bonds is 4. The zero-order valence-corrected chi connectivity index (χ0v) is 13.0. The van der Waals surface area contributed by atoms with Gasteiger partial charge in [0.05, 0.1) is 5.69 Å². The summed E-state index contributed by atoms with van der Waals surface area (Å²) in [6, 6.07) is 7.64. The van der Waals surface area contributed by atoms with Gasteiger partial charge in [-0.2, -0.15) is 0 Å². The van der Waals surface area contributed by atoms with Gasteiger partial charge < -0.3 is 10.6 Å². The van der Waals surface area contributed by atoms with Gasteiger partial charge in [-0.15, -0.1) is 11.3 Å². The molecule has 1 heterocycles. The van der Waals surface area contributed by atoms with Gasteiger partial charge >= 0.3 is 0 Å². The van der Waals surface area contributed by atoms with Gasteiger partial charge in [0, 0.05) is 10.6 Å². The molecule has 2 N–H and O–H groups in total. The van der Waals surface area contributed by atoms with E-state index < -0.39 is 0 Å². The van der Waals surface area contributed by atoms with Crippen molar-refractivity contribution in [3.8, 4) is 0 Å². The highest BCUT2D eigenvalue weighted by molar-refractivity contribution is 7.15. The number of hydrogen-bond acceptors (Lipinski definition) is 4. The summed E-state index contributed by atoms with van der Waals surface area (Å²) in [5, 5.41) is 6.69. The Kier molecular flexibility index (Phi) is 4.39. The minimum absolute atomic E-state index is 0.0831. The van der Waals surface area contributed by atoms with Crippen LogP contribution in [-0.2, 0) is 4.79 Å². The first-order valence-electron chi connectivity index (χ1n) is 6.54. The Balaban J connectivity index is 1.98. The van der Waals surface area contributed by atoms with Crippen LogP contribution < -0.4 is 10.6 Å². The van der Waals surface area contributed by atoms with Crippen LogP contribution in [0.1, 0.15) is 23.1 Å². The Morgan fingerprint density at radius 3 is 2.65 bits per heavy atom. The number of hydrogen-bond donors (Lipinski definition) is 2. The van der Waals surface area contributed by atoms with Crippen molar-refractivity contribution in [3.63, 3.8) is 0 Å². The highest BCUT2D eigenvalue weighted by Gasteiger charge is 2.15. The van der Waals surface area contributed by atoms with Gasteiger partial charge in [-0.1, -0.05) is 12.1 Å². The van der Waals surface area contributed by atoms with Gasteiger partial charge in [0.25, 0.3) is 0 Å². The monoisotopic (exact) mass is 289 g/mol. The molecule has 106 valence electrons. The first kappa shape index (κ1) is 14.5. The van der Waals surface area contributed by atoms with Crippen LogP contribution in [0.5, 0.6) is 0 Å². The number of benzene rings is 1. The minimum Gasteiger partial charge on any atom is -0.374 e. The van der Waals surface area contributed by atoms with E-state index in [1.54, 1.807) is 0 Å². The highest BCUT2D eigenvalue weighted by atomic mass is 32.1. The van der Waals surface area contributed by atoms with Crippen molar-refractivity contribution in [1.29, 1.82) is 0 Å². The van der Waals surface area contributed by atoms with E-state index in [-0.39, 0.29) is 11.9 Å². The molecule has 0 fully saturated rings. The van der Waals surface area contributed by atoms with Crippen molar-refractivity contribution in [3.05, 3.63) is 40.4 Å². The average Bonchev–Trinajstić information content (AvgIpc) is 2.68. The van der Waals surface area contributed by atoms with Crippen molar-refractivity contribution in [1.82, 2.24) is 4.98 Å². The maximum atomic E-state index is 12.1. The third-order valence-electron chi connectivity index (χ3n) is 3.05. The lowest BCUT2D eigenvalue weighted by molar-refractivity contribution is -0.116. The third kappa shape index (κ3) is 3.57. The second kappa shape index (κ2) is 6.05. The molecule has 1 aromatic carbocycles. The lowest BCUT2D eigenvalue weighted by Gasteiger charge is -2.14. The molecule has 4 nitrogen and oxygen atoms in total. The Hall–Kier alpha value is -1.88. The van der Waals surface area contributed by atoms with Crippen LogP contribution in [0.2, 0.25) is 0 Å². The Morgan fingerprint density at radius 2 is 2.05 bits per heavy atom. The largest absolute Gasteiger partial charge is 0.374 e. The molecule has 20 heavy (non-hydrogen) atoms. The van der Waals surface area contributed by atoms with E-state index in [4.69, 9.17) is 0 Å². The van der Waals surface area contributed by atoms with E-state index in [9.17, 15) is 4.79 Å². The molecule has 2 rings (SSSR count). The highest BCUT2D eigenvalue weighted by Crippen LogP contribution is 2.21. The number of nitrogens with zero attached hydrogens (tertiary/aromatic N) is 1. The first-order valence-corrected chi connectivity index (χ1v) is 7.35. The second-order valence-corrected chi connectivity index (χ2v) is 6.09. The molecule has 0 saturated carbocycles. The summed E-state index contributed by atoms with van der Waals surface area (Å²) < 4.78 is 0. The van der Waals surface area contributed by atoms with Crippen molar-refractivity contribution in [2.24, 2.45) is 0 Å². The lowest BCUT2D eigenvalue weighted by Crippen LogP contribution is -2.31. The number of amides is 1. The van der Waals surface area contributed by atoms with Crippen LogP contribution >= 0.6 is 11.3 Å². The summed E-state index contributed by atoms with van der Waals surface area (Å²) in [4.78, 5) is 17.6. The molecule has 1 atom stereocenters. The molecule has 0 aliphatic heterocycles. The number of aryl methyl sites for hydroxylation is 3. The predicted octanol–water partition coefficient (Wildman–Crippen LogP) is 3.51. The van der Waals surface area contributed by atoms with Crippen LogP contribution in [0.25, 0.3) is 0 Å². The normalized spacial score (nSPS) is 12.0. The van der Waals surface area contributed by atoms with Gasteiger partial charge in [0.1, 0.15) is 6.04 Å². The van der Waals surface area contributed by atoms with E-state index in [0.717, 1.165) is 21.8 Å². The molecular weight excluding hydrogens is 270 g/mol. The fraction of sp³-hybridized carbons (Fsp3) is 0.333. The van der Waals surface area contributed by atoms with Gasteiger partial charge in [0.2, 0.25) is 5.91 Å². The summed E-state index contributed by atoms with van der Waals surface area (Å²) in [5.74, 6) is -0.0831. The molecule has 1 aromatic heterocycles. The maximum Gasteiger partial charge on any atom is 0.248 e. The van der Waals surface area contributed by atoms with Crippen molar-refractivity contribution in [2.75, 3.05) is 10.6 Å². The molecule has 0 radical (unpaired) electrons. The quantitative estimate of drug-likeness (QED) is 0.905. The summed E-state index contributed by atoms with van der Waals surface area (Å²) in [5.41, 5.74) is 3.07. The van der Waals surface area contributed by atoms with Crippen molar-refractivity contribution >= 4 is 28.1 Å². The summed E-state index contributed by atoms with van der Waals surface area (Å²) in [6.07, 6.45) is 0. The predicted molar refractivity (Wildman–Crippen MR) is 84.5 cm³/mol. The van der Waals surface area contributed by atoms with Crippen LogP contribution in [0.15, 0.2) is 24.3 Å². The summed E-state index contributed by atoms with van der Waals surface area (Å²) in [7, 11) is 0. The number of thiazole rings is 1. The molecule has 0 spiro atoms. The minimum atomic E-state index is -0.318. The van der Waals surface area contributed by atoms with Gasteiger partial charge in [-0.3, -0.25) is 4.79 Å². The summed E-state index contributed by atoms with van der Waals surface area (Å²) in [6.45, 7) is 7.80. The fourth-order valence-corrected chi connectivity index (χ4v) is 2.61. The van der Waals surface area contributed by atoms with Crippen LogP contribution in [0.4, 0.5) is 10.8 Å². The lowest BCUT2D eigenvalue weighted by atomic mass is 10.2. The molecule has 5 heteroatoms. The average molecular weight is 289 g/mol. The van der Waals surface area contributed by atoms with E-state index in [1.807, 2.05) is 52.0 Å². The van der Waals surface area contributed by atoms with Gasteiger partial charge in [-0.25, -0.2) is 4.98 Å². The topological polar surface area (TPSA) is 54.0 Å². The summed E-state index contributed by atoms with van der Waals surface area (Å²) >= 11 is 1.50. The van der Waals surface area contributed by atoms with E-state index in [1.165, 1.54) is 11.3 Å². The third-order valence-corrected chi connectivity index (χ3v) is 4.04. The smallest absolute Gasteiger partial charge is 0.248 e. The molecule has 1 amide bonds. The van der Waals surface area contributed by atoms with Crippen molar-refractivity contribution in [2.45, 2.75) is 33.7 Å². The zero-order chi connectivity index (χ0) is 14.7. The van der Waals surface area contributed by atoms with Crippen LogP contribution in [0, 0.1) is 20.8 Å². The standard InChI is InChI=1S/C15H19N3OS/c1-9-6-5-7-13(8-9)16-11(3)14(19)18-15-17-10(2)12(4)20-15/h5-8,11,16H,1-4H3,(H,17,18,19)/t11-/m1/s1. The molecule has 0 unspecified atom stereocenters. The zero-order valence-electron chi connectivity index (χ0n) is 12.2. The Labute approximate surface area is 123 Å². The number of carbonyl (C=O) groups excluding carboxylic acids is 1. The van der Waals surface area contributed by atoms with E-state index in [2.05, 4.69) is 15.6 Å². The fourth-order valence-electron chi connectivity index (χ4n) is 1.79. The number of nitrogens with one attached hydrogen (secondary N) is 2.